The summed E-state index contributed by atoms with van der Waals surface area (Å²) in [5, 5.41) is 5.22. The van der Waals surface area contributed by atoms with Gasteiger partial charge in [0.1, 0.15) is 0 Å². The monoisotopic (exact) mass is 397 g/mol. The van der Waals surface area contributed by atoms with Crippen molar-refractivity contribution in [1.29, 1.82) is 0 Å². The summed E-state index contributed by atoms with van der Waals surface area (Å²) >= 11 is 1.72. The van der Waals surface area contributed by atoms with Crippen LogP contribution >= 0.6 is 11.3 Å². The highest BCUT2D eigenvalue weighted by atomic mass is 32.1. The van der Waals surface area contributed by atoms with Crippen molar-refractivity contribution < 1.29 is 9.59 Å². The molecular formula is C22H27N3O2S. The summed E-state index contributed by atoms with van der Waals surface area (Å²) in [5.41, 5.74) is 0.591. The minimum atomic E-state index is -0.109. The third-order valence-corrected chi connectivity index (χ3v) is 7.22. The third-order valence-electron chi connectivity index (χ3n) is 6.28. The van der Waals surface area contributed by atoms with E-state index in [0.717, 1.165) is 32.1 Å². The average Bonchev–Trinajstić information content (AvgIpc) is 3.37. The number of hydrogen-bond acceptors (Lipinski definition) is 4. The maximum Gasteiger partial charge on any atom is 0.254 e. The van der Waals surface area contributed by atoms with E-state index in [4.69, 9.17) is 0 Å². The normalized spacial score (nSPS) is 21.0. The van der Waals surface area contributed by atoms with Crippen molar-refractivity contribution in [1.82, 2.24) is 15.2 Å². The van der Waals surface area contributed by atoms with E-state index in [9.17, 15) is 9.59 Å². The number of nitrogens with zero attached hydrogens (tertiary/aromatic N) is 2. The molecule has 1 unspecified atom stereocenters. The summed E-state index contributed by atoms with van der Waals surface area (Å²) in [4.78, 5) is 33.3. The van der Waals surface area contributed by atoms with Gasteiger partial charge >= 0.3 is 0 Å². The fourth-order valence-electron chi connectivity index (χ4n) is 4.81. The Morgan fingerprint density at radius 3 is 2.68 bits per heavy atom. The van der Waals surface area contributed by atoms with E-state index >= 15 is 0 Å². The van der Waals surface area contributed by atoms with Gasteiger partial charge in [0.2, 0.25) is 5.91 Å². The SMILES string of the molecule is O=C(NCCc1cccs1)C1CN(C(=O)c2ccncc2)CC12CCCCC2. The summed E-state index contributed by atoms with van der Waals surface area (Å²) < 4.78 is 0. The lowest BCUT2D eigenvalue weighted by molar-refractivity contribution is -0.128. The molecule has 1 saturated heterocycles. The number of nitrogens with one attached hydrogen (secondary N) is 1. The van der Waals surface area contributed by atoms with E-state index < -0.39 is 0 Å². The zero-order valence-corrected chi connectivity index (χ0v) is 16.9. The van der Waals surface area contributed by atoms with Crippen LogP contribution in [-0.2, 0) is 11.2 Å². The van der Waals surface area contributed by atoms with Gasteiger partial charge in [-0.15, -0.1) is 11.3 Å². The number of pyridine rings is 1. The van der Waals surface area contributed by atoms with Gasteiger partial charge in [-0.25, -0.2) is 0 Å². The first-order chi connectivity index (χ1) is 13.7. The fraction of sp³-hybridized carbons (Fsp3) is 0.500. The molecule has 0 aromatic carbocycles. The maximum absolute atomic E-state index is 13.1. The van der Waals surface area contributed by atoms with Gasteiger partial charge in [0.05, 0.1) is 5.92 Å². The van der Waals surface area contributed by atoms with Crippen molar-refractivity contribution in [3.8, 4) is 0 Å². The lowest BCUT2D eigenvalue weighted by Gasteiger charge is -2.37. The summed E-state index contributed by atoms with van der Waals surface area (Å²) in [5.74, 6) is 0.0200. The topological polar surface area (TPSA) is 62.3 Å². The predicted octanol–water partition coefficient (Wildman–Crippen LogP) is 3.52. The number of likely N-dealkylation sites (tertiary alicyclic amines) is 1. The van der Waals surface area contributed by atoms with E-state index in [1.54, 1.807) is 35.9 Å². The Balaban J connectivity index is 1.45. The Kier molecular flexibility index (Phi) is 5.76. The first-order valence-electron chi connectivity index (χ1n) is 10.2. The molecule has 0 radical (unpaired) electrons. The quantitative estimate of drug-likeness (QED) is 0.840. The predicted molar refractivity (Wildman–Crippen MR) is 110 cm³/mol. The van der Waals surface area contributed by atoms with Crippen molar-refractivity contribution >= 4 is 23.2 Å². The van der Waals surface area contributed by atoms with Gasteiger partial charge in [-0.3, -0.25) is 14.6 Å². The standard InChI is InChI=1S/C22H27N3O2S/c26-20(24-13-8-18-5-4-14-28-18)19-15-25(16-22(19)9-2-1-3-10-22)21(27)17-6-11-23-12-7-17/h4-7,11-12,14,19H,1-3,8-10,13,15-16H2,(H,24,26). The molecule has 1 saturated carbocycles. The van der Waals surface area contributed by atoms with Gasteiger partial charge in [-0.2, -0.15) is 0 Å². The van der Waals surface area contributed by atoms with Crippen molar-refractivity contribution in [2.75, 3.05) is 19.6 Å². The van der Waals surface area contributed by atoms with Crippen LogP contribution in [0.15, 0.2) is 42.0 Å². The lowest BCUT2D eigenvalue weighted by Crippen LogP contribution is -2.43. The van der Waals surface area contributed by atoms with Crippen LogP contribution in [0.4, 0.5) is 0 Å². The van der Waals surface area contributed by atoms with Crippen molar-refractivity contribution in [3.63, 3.8) is 0 Å². The Labute approximate surface area is 170 Å². The number of thiophene rings is 1. The molecule has 1 aliphatic heterocycles. The first-order valence-corrected chi connectivity index (χ1v) is 11.1. The molecule has 2 fully saturated rings. The van der Waals surface area contributed by atoms with Crippen LogP contribution in [0.25, 0.3) is 0 Å². The third kappa shape index (κ3) is 3.97. The molecule has 1 atom stereocenters. The van der Waals surface area contributed by atoms with E-state index in [-0.39, 0.29) is 23.1 Å². The molecule has 1 spiro atoms. The fourth-order valence-corrected chi connectivity index (χ4v) is 5.52. The molecule has 28 heavy (non-hydrogen) atoms. The summed E-state index contributed by atoms with van der Waals surface area (Å²) in [6.45, 7) is 1.87. The van der Waals surface area contributed by atoms with Gasteiger partial charge in [-0.05, 0) is 42.8 Å². The highest BCUT2D eigenvalue weighted by Crippen LogP contribution is 2.47. The summed E-state index contributed by atoms with van der Waals surface area (Å²) in [6.07, 6.45) is 9.76. The van der Waals surface area contributed by atoms with Crippen LogP contribution in [0, 0.1) is 11.3 Å². The smallest absolute Gasteiger partial charge is 0.254 e. The number of aromatic nitrogens is 1. The number of carbonyl (C=O) groups is 2. The highest BCUT2D eigenvalue weighted by molar-refractivity contribution is 7.09. The van der Waals surface area contributed by atoms with Crippen molar-refractivity contribution in [2.24, 2.45) is 11.3 Å². The first kappa shape index (κ1) is 19.1. The summed E-state index contributed by atoms with van der Waals surface area (Å²) in [6, 6.07) is 7.65. The Bertz CT molecular complexity index is 800. The van der Waals surface area contributed by atoms with Crippen molar-refractivity contribution in [3.05, 3.63) is 52.5 Å². The molecule has 2 aromatic heterocycles. The molecule has 2 aromatic rings. The minimum Gasteiger partial charge on any atom is -0.355 e. The average molecular weight is 398 g/mol. The zero-order chi connectivity index (χ0) is 19.4. The molecule has 6 heteroatoms. The van der Waals surface area contributed by atoms with Crippen molar-refractivity contribution in [2.45, 2.75) is 38.5 Å². The van der Waals surface area contributed by atoms with Gasteiger partial charge in [0.15, 0.2) is 0 Å². The number of amides is 2. The number of hydrogen-bond donors (Lipinski definition) is 1. The van der Waals surface area contributed by atoms with Crippen LogP contribution in [0.5, 0.6) is 0 Å². The molecule has 148 valence electrons. The molecule has 1 N–H and O–H groups in total. The highest BCUT2D eigenvalue weighted by Gasteiger charge is 2.51. The van der Waals surface area contributed by atoms with E-state index in [1.807, 2.05) is 11.0 Å². The second kappa shape index (κ2) is 8.43. The molecule has 0 bridgehead atoms. The van der Waals surface area contributed by atoms with E-state index in [0.29, 0.717) is 25.2 Å². The largest absolute Gasteiger partial charge is 0.355 e. The van der Waals surface area contributed by atoms with Crippen LogP contribution in [-0.4, -0.2) is 41.3 Å². The summed E-state index contributed by atoms with van der Waals surface area (Å²) in [7, 11) is 0. The molecule has 1 aliphatic carbocycles. The minimum absolute atomic E-state index is 0.0150. The van der Waals surface area contributed by atoms with Crippen LogP contribution in [0.2, 0.25) is 0 Å². The molecule has 2 aliphatic rings. The van der Waals surface area contributed by atoms with Gasteiger partial charge in [0, 0.05) is 47.9 Å². The van der Waals surface area contributed by atoms with Crippen LogP contribution in [0.3, 0.4) is 0 Å². The van der Waals surface area contributed by atoms with Gasteiger partial charge in [0.25, 0.3) is 5.91 Å². The molecular weight excluding hydrogens is 370 g/mol. The molecule has 3 heterocycles. The Hall–Kier alpha value is -2.21. The second-order valence-corrected chi connectivity index (χ2v) is 9.05. The lowest BCUT2D eigenvalue weighted by atomic mass is 9.67. The number of carbonyl (C=O) groups excluding carboxylic acids is 2. The van der Waals surface area contributed by atoms with Crippen LogP contribution in [0.1, 0.15) is 47.3 Å². The second-order valence-electron chi connectivity index (χ2n) is 8.02. The Morgan fingerprint density at radius 1 is 1.18 bits per heavy atom. The molecule has 2 amide bonds. The van der Waals surface area contributed by atoms with E-state index in [2.05, 4.69) is 21.7 Å². The number of rotatable bonds is 5. The van der Waals surface area contributed by atoms with Crippen LogP contribution < -0.4 is 5.32 Å². The van der Waals surface area contributed by atoms with E-state index in [1.165, 1.54) is 11.3 Å². The zero-order valence-electron chi connectivity index (χ0n) is 16.1. The Morgan fingerprint density at radius 2 is 1.96 bits per heavy atom. The molecule has 4 rings (SSSR count). The van der Waals surface area contributed by atoms with Gasteiger partial charge < -0.3 is 10.2 Å². The van der Waals surface area contributed by atoms with Gasteiger partial charge in [-0.1, -0.05) is 25.3 Å². The molecule has 5 nitrogen and oxygen atoms in total. The maximum atomic E-state index is 13.1.